The number of rotatable bonds is 7. The normalized spacial score (nSPS) is 11.9. The molecule has 0 bridgehead atoms. The maximum absolute atomic E-state index is 13.0. The van der Waals surface area contributed by atoms with Gasteiger partial charge in [-0.25, -0.2) is 4.79 Å². The van der Waals surface area contributed by atoms with Crippen molar-refractivity contribution in [1.82, 2.24) is 14.8 Å². The molecule has 14 heteroatoms. The number of anilines is 2. The fraction of sp³-hybridized carbons (Fsp3) is 0.148. The van der Waals surface area contributed by atoms with Gasteiger partial charge in [0.25, 0.3) is 0 Å². The standard InChI is InChI=1S/C27H20Cl6N6O2/c1-3-38(4-2)16-6-5-13-7-17(25-34-27(40)39(37-25)24-20(32)10-15(29)11-21(24)33)26(41-22(13)12-16)36-35-23-18(30)8-14(28)9-19(23)31/h5-12,35H,3-4H2,1-2H3,(H,34,37,40)/b36-26+. The van der Waals surface area contributed by atoms with Crippen molar-refractivity contribution in [2.24, 2.45) is 5.10 Å². The van der Waals surface area contributed by atoms with E-state index in [1.807, 2.05) is 18.2 Å². The fourth-order valence-corrected chi connectivity index (χ4v) is 6.11. The molecule has 8 nitrogen and oxygen atoms in total. The summed E-state index contributed by atoms with van der Waals surface area (Å²) in [6.07, 6.45) is 0. The molecule has 212 valence electrons. The number of aromatic nitrogens is 3. The average molecular weight is 673 g/mol. The van der Waals surface area contributed by atoms with Crippen LogP contribution >= 0.6 is 69.6 Å². The van der Waals surface area contributed by atoms with Crippen LogP contribution in [0.25, 0.3) is 28.0 Å². The summed E-state index contributed by atoms with van der Waals surface area (Å²) in [7, 11) is 0. The number of nitrogens with one attached hydrogen (secondary N) is 2. The van der Waals surface area contributed by atoms with Gasteiger partial charge in [0.1, 0.15) is 11.3 Å². The summed E-state index contributed by atoms with van der Waals surface area (Å²) in [6.45, 7) is 5.79. The van der Waals surface area contributed by atoms with Crippen LogP contribution in [0.3, 0.4) is 0 Å². The molecule has 5 rings (SSSR count). The van der Waals surface area contributed by atoms with E-state index < -0.39 is 5.69 Å². The molecular formula is C27H20Cl6N6O2. The highest BCUT2D eigenvalue weighted by atomic mass is 35.5. The molecule has 0 atom stereocenters. The van der Waals surface area contributed by atoms with Gasteiger partial charge < -0.3 is 9.32 Å². The van der Waals surface area contributed by atoms with E-state index in [0.717, 1.165) is 28.8 Å². The van der Waals surface area contributed by atoms with E-state index in [-0.39, 0.29) is 37.2 Å². The van der Waals surface area contributed by atoms with E-state index in [1.54, 1.807) is 6.07 Å². The number of nitrogens with zero attached hydrogens (tertiary/aromatic N) is 4. The second kappa shape index (κ2) is 12.2. The second-order valence-electron chi connectivity index (χ2n) is 8.74. The zero-order valence-corrected chi connectivity index (χ0v) is 25.9. The van der Waals surface area contributed by atoms with Crippen molar-refractivity contribution in [2.75, 3.05) is 23.4 Å². The third kappa shape index (κ3) is 6.04. The van der Waals surface area contributed by atoms with Gasteiger partial charge in [0.05, 0.1) is 31.3 Å². The molecule has 2 aromatic heterocycles. The fourth-order valence-electron chi connectivity index (χ4n) is 4.24. The highest BCUT2D eigenvalue weighted by Crippen LogP contribution is 2.34. The Morgan fingerprint density at radius 1 is 0.902 bits per heavy atom. The van der Waals surface area contributed by atoms with E-state index in [1.165, 1.54) is 24.3 Å². The number of halogens is 6. The van der Waals surface area contributed by atoms with Crippen LogP contribution in [0.1, 0.15) is 13.8 Å². The first-order chi connectivity index (χ1) is 19.6. The molecule has 3 aromatic carbocycles. The summed E-state index contributed by atoms with van der Waals surface area (Å²) >= 11 is 37.5. The van der Waals surface area contributed by atoms with E-state index >= 15 is 0 Å². The Kier molecular flexibility index (Phi) is 8.80. The van der Waals surface area contributed by atoms with Gasteiger partial charge in [-0.15, -0.1) is 10.2 Å². The lowest BCUT2D eigenvalue weighted by molar-refractivity contribution is 0.542. The minimum atomic E-state index is -0.592. The van der Waals surface area contributed by atoms with Gasteiger partial charge in [0, 0.05) is 40.3 Å². The number of benzene rings is 3. The topological polar surface area (TPSA) is 91.5 Å². The molecular weight excluding hydrogens is 653 g/mol. The van der Waals surface area contributed by atoms with E-state index in [2.05, 4.69) is 39.4 Å². The molecule has 0 amide bonds. The van der Waals surface area contributed by atoms with Crippen LogP contribution in [-0.2, 0) is 0 Å². The van der Waals surface area contributed by atoms with Gasteiger partial charge in [0.2, 0.25) is 5.55 Å². The van der Waals surface area contributed by atoms with Gasteiger partial charge in [-0.2, -0.15) is 4.68 Å². The molecule has 0 unspecified atom stereocenters. The van der Waals surface area contributed by atoms with E-state index in [4.69, 9.17) is 74.0 Å². The molecule has 0 aliphatic heterocycles. The smallest absolute Gasteiger partial charge is 0.348 e. The Balaban J connectivity index is 1.71. The zero-order chi connectivity index (χ0) is 29.4. The van der Waals surface area contributed by atoms with Crippen molar-refractivity contribution >= 4 is 91.9 Å². The van der Waals surface area contributed by atoms with Gasteiger partial charge in [-0.1, -0.05) is 69.6 Å². The van der Waals surface area contributed by atoms with E-state index in [0.29, 0.717) is 26.9 Å². The zero-order valence-electron chi connectivity index (χ0n) is 21.4. The van der Waals surface area contributed by atoms with Crippen molar-refractivity contribution in [3.63, 3.8) is 0 Å². The van der Waals surface area contributed by atoms with E-state index in [9.17, 15) is 4.79 Å². The highest BCUT2D eigenvalue weighted by molar-refractivity contribution is 6.42. The third-order valence-corrected chi connectivity index (χ3v) is 7.81. The first-order valence-corrected chi connectivity index (χ1v) is 14.5. The predicted molar refractivity (Wildman–Crippen MR) is 169 cm³/mol. The van der Waals surface area contributed by atoms with Gasteiger partial charge >= 0.3 is 5.69 Å². The number of H-pyrrole nitrogens is 1. The molecule has 0 fully saturated rings. The SMILES string of the molecule is CCN(CC)c1ccc2cc(-c3nn(-c4c(Cl)cc(Cl)cc4Cl)c(=O)[nH]3)/c(=N\Nc3c(Cl)cc(Cl)cc3Cl)oc2c1. The van der Waals surface area contributed by atoms with Crippen LogP contribution in [0.2, 0.25) is 30.1 Å². The average Bonchev–Trinajstić information content (AvgIpc) is 3.28. The summed E-state index contributed by atoms with van der Waals surface area (Å²) in [6, 6.07) is 13.6. The van der Waals surface area contributed by atoms with Crippen LogP contribution in [0.5, 0.6) is 0 Å². The van der Waals surface area contributed by atoms with Crippen molar-refractivity contribution in [3.8, 4) is 17.1 Å². The number of hydrogen-bond acceptors (Lipinski definition) is 6. The Morgan fingerprint density at radius 3 is 2.12 bits per heavy atom. The quantitative estimate of drug-likeness (QED) is 0.169. The molecule has 0 radical (unpaired) electrons. The maximum atomic E-state index is 13.0. The molecule has 0 spiro atoms. The number of fused-ring (bicyclic) bond motifs is 1. The van der Waals surface area contributed by atoms with Gasteiger partial charge in [-0.05, 0) is 56.3 Å². The van der Waals surface area contributed by atoms with Crippen LogP contribution in [0, 0.1) is 0 Å². The number of aromatic amines is 1. The molecule has 5 aromatic rings. The van der Waals surface area contributed by atoms with Crippen molar-refractivity contribution < 1.29 is 4.42 Å². The minimum Gasteiger partial charge on any atom is -0.436 e. The van der Waals surface area contributed by atoms with Crippen LogP contribution in [-0.4, -0.2) is 27.9 Å². The lowest BCUT2D eigenvalue weighted by atomic mass is 10.1. The minimum absolute atomic E-state index is 0.0884. The van der Waals surface area contributed by atoms with Gasteiger partial charge in [0.15, 0.2) is 5.82 Å². The number of hydrogen-bond donors (Lipinski definition) is 2. The van der Waals surface area contributed by atoms with Gasteiger partial charge in [-0.3, -0.25) is 10.4 Å². The molecule has 0 aliphatic carbocycles. The Labute approximate surface area is 264 Å². The Hall–Kier alpha value is -2.85. The predicted octanol–water partition coefficient (Wildman–Crippen LogP) is 8.67. The largest absolute Gasteiger partial charge is 0.436 e. The molecule has 2 heterocycles. The molecule has 0 saturated carbocycles. The summed E-state index contributed by atoms with van der Waals surface area (Å²) < 4.78 is 7.31. The third-order valence-electron chi connectivity index (χ3n) is 6.21. The Bertz CT molecular complexity index is 1870. The Morgan fingerprint density at radius 2 is 1.51 bits per heavy atom. The van der Waals surface area contributed by atoms with Crippen LogP contribution in [0.4, 0.5) is 11.4 Å². The lowest BCUT2D eigenvalue weighted by Crippen LogP contribution is -2.21. The van der Waals surface area contributed by atoms with Crippen molar-refractivity contribution in [2.45, 2.75) is 13.8 Å². The monoisotopic (exact) mass is 670 g/mol. The first-order valence-electron chi connectivity index (χ1n) is 12.2. The maximum Gasteiger partial charge on any atom is 0.348 e. The highest BCUT2D eigenvalue weighted by Gasteiger charge is 2.19. The summed E-state index contributed by atoms with van der Waals surface area (Å²) in [5.41, 5.74) is 4.72. The first kappa shape index (κ1) is 29.6. The lowest BCUT2D eigenvalue weighted by Gasteiger charge is -2.21. The van der Waals surface area contributed by atoms with Crippen molar-refractivity contribution in [1.29, 1.82) is 0 Å². The molecule has 2 N–H and O–H groups in total. The summed E-state index contributed by atoms with van der Waals surface area (Å²) in [5.74, 6) is 0.143. The summed E-state index contributed by atoms with van der Waals surface area (Å²) in [4.78, 5) is 17.9. The molecule has 0 saturated heterocycles. The van der Waals surface area contributed by atoms with Crippen molar-refractivity contribution in [3.05, 3.63) is 94.7 Å². The summed E-state index contributed by atoms with van der Waals surface area (Å²) in [5, 5.41) is 11.1. The molecule has 0 aliphatic rings. The van der Waals surface area contributed by atoms with Crippen LogP contribution in [0.15, 0.2) is 62.8 Å². The van der Waals surface area contributed by atoms with Crippen LogP contribution < -0.4 is 21.6 Å². The second-order valence-corrected chi connectivity index (χ2v) is 11.2. The molecule has 41 heavy (non-hydrogen) atoms.